The second-order valence-corrected chi connectivity index (χ2v) is 13.7. The second-order valence-electron chi connectivity index (χ2n) is 13.7. The number of rotatable bonds is 7. The van der Waals surface area contributed by atoms with Gasteiger partial charge in [-0.05, 0) is 57.9 Å². The lowest BCUT2D eigenvalue weighted by atomic mass is 10.0. The van der Waals surface area contributed by atoms with E-state index >= 15 is 4.39 Å². The molecule has 3 aromatic rings. The Morgan fingerprint density at radius 1 is 1.02 bits per heavy atom. The molecule has 0 saturated carbocycles. The van der Waals surface area contributed by atoms with Gasteiger partial charge in [-0.1, -0.05) is 6.07 Å². The number of likely N-dealkylation sites (N-methyl/N-ethyl adjacent to an activating group) is 1. The lowest BCUT2D eigenvalue weighted by Crippen LogP contribution is -2.47. The SMILES string of the molecule is CCN1CC(C)(C)Oc2nc(N3CC4CCC(C3)O4)nc(-c3ccc(NC(=O)Nc4ccc(N5CCN(OC(=O)OC)CC5)nc4)c(F)c3)c2C1=O. The van der Waals surface area contributed by atoms with E-state index < -0.39 is 23.6 Å². The van der Waals surface area contributed by atoms with Gasteiger partial charge in [0.1, 0.15) is 22.8 Å². The minimum Gasteiger partial charge on any atom is -0.469 e. The Balaban J connectivity index is 1.08. The van der Waals surface area contributed by atoms with Crippen LogP contribution in [0, 0.1) is 5.82 Å². The molecule has 3 amide bonds. The molecule has 6 heterocycles. The number of carbonyl (C=O) groups excluding carboxylic acids is 3. The van der Waals surface area contributed by atoms with Gasteiger partial charge in [0.25, 0.3) is 5.91 Å². The Morgan fingerprint density at radius 2 is 1.77 bits per heavy atom. The van der Waals surface area contributed by atoms with E-state index in [9.17, 15) is 14.4 Å². The number of nitrogens with zero attached hydrogens (tertiary/aromatic N) is 7. The average Bonchev–Trinajstić information content (AvgIpc) is 3.42. The van der Waals surface area contributed by atoms with Gasteiger partial charge in [0.2, 0.25) is 11.8 Å². The molecule has 3 saturated heterocycles. The van der Waals surface area contributed by atoms with E-state index in [0.29, 0.717) is 75.4 Å². The number of anilines is 4. The highest BCUT2D eigenvalue weighted by Crippen LogP contribution is 2.38. The van der Waals surface area contributed by atoms with Gasteiger partial charge in [0.15, 0.2) is 0 Å². The topological polar surface area (TPSA) is 164 Å². The Morgan fingerprint density at radius 3 is 2.42 bits per heavy atom. The van der Waals surface area contributed by atoms with Crippen molar-refractivity contribution in [1.82, 2.24) is 24.9 Å². The number of ether oxygens (including phenoxy) is 3. The predicted molar refractivity (Wildman–Crippen MR) is 188 cm³/mol. The Hall–Kier alpha value is -5.29. The molecule has 2 bridgehead atoms. The van der Waals surface area contributed by atoms with E-state index in [-0.39, 0.29) is 40.9 Å². The van der Waals surface area contributed by atoms with Crippen molar-refractivity contribution in [1.29, 1.82) is 0 Å². The average molecular weight is 720 g/mol. The molecule has 2 N–H and O–H groups in total. The third-order valence-corrected chi connectivity index (χ3v) is 9.45. The number of methoxy groups -OCH3 is 1. The molecule has 17 heteroatoms. The molecule has 0 spiro atoms. The summed E-state index contributed by atoms with van der Waals surface area (Å²) >= 11 is 0. The quantitative estimate of drug-likeness (QED) is 0.335. The van der Waals surface area contributed by atoms with Crippen LogP contribution in [0.15, 0.2) is 36.5 Å². The van der Waals surface area contributed by atoms with Crippen LogP contribution in [-0.4, -0.2) is 120 Å². The highest BCUT2D eigenvalue weighted by atomic mass is 19.1. The van der Waals surface area contributed by atoms with E-state index in [1.165, 1.54) is 30.5 Å². The van der Waals surface area contributed by atoms with Crippen LogP contribution < -0.4 is 25.2 Å². The number of piperazine rings is 1. The zero-order chi connectivity index (χ0) is 36.6. The lowest BCUT2D eigenvalue weighted by molar-refractivity contribution is -0.126. The monoisotopic (exact) mass is 719 g/mol. The van der Waals surface area contributed by atoms with Crippen LogP contribution in [0.3, 0.4) is 0 Å². The maximum atomic E-state index is 15.8. The van der Waals surface area contributed by atoms with Crippen molar-refractivity contribution in [2.75, 3.05) is 79.9 Å². The Kier molecular flexibility index (Phi) is 9.71. The van der Waals surface area contributed by atoms with E-state index in [4.69, 9.17) is 24.3 Å². The predicted octanol–water partition coefficient (Wildman–Crippen LogP) is 4.14. The van der Waals surface area contributed by atoms with Gasteiger partial charge in [-0.3, -0.25) is 4.79 Å². The summed E-state index contributed by atoms with van der Waals surface area (Å²) in [4.78, 5) is 63.1. The number of hydrogen-bond donors (Lipinski definition) is 2. The highest BCUT2D eigenvalue weighted by Gasteiger charge is 2.39. The molecule has 2 atom stereocenters. The summed E-state index contributed by atoms with van der Waals surface area (Å²) in [5.41, 5.74) is 0.354. The Labute approximate surface area is 300 Å². The number of fused-ring (bicyclic) bond motifs is 3. The van der Waals surface area contributed by atoms with Crippen molar-refractivity contribution in [3.05, 3.63) is 47.9 Å². The van der Waals surface area contributed by atoms with Gasteiger partial charge < -0.3 is 44.4 Å². The molecular weight excluding hydrogens is 677 g/mol. The molecule has 16 nitrogen and oxygen atoms in total. The smallest absolute Gasteiger partial charge is 0.469 e. The molecule has 2 unspecified atom stereocenters. The third kappa shape index (κ3) is 7.50. The summed E-state index contributed by atoms with van der Waals surface area (Å²) < 4.78 is 32.7. The number of morpholine rings is 1. The molecular formula is C35H42FN9O7. The summed E-state index contributed by atoms with van der Waals surface area (Å²) in [6.07, 6.45) is 2.79. The largest absolute Gasteiger partial charge is 0.527 e. The fraction of sp³-hybridized carbons (Fsp3) is 0.486. The summed E-state index contributed by atoms with van der Waals surface area (Å²) in [7, 11) is 1.25. The van der Waals surface area contributed by atoms with Crippen molar-refractivity contribution >= 4 is 41.2 Å². The summed E-state index contributed by atoms with van der Waals surface area (Å²) in [6, 6.07) is 7.07. The molecule has 276 valence electrons. The number of halogens is 1. The van der Waals surface area contributed by atoms with E-state index in [1.54, 1.807) is 23.1 Å². The van der Waals surface area contributed by atoms with Crippen molar-refractivity contribution in [3.8, 4) is 17.1 Å². The van der Waals surface area contributed by atoms with Crippen LogP contribution in [0.2, 0.25) is 0 Å². The van der Waals surface area contributed by atoms with Crippen LogP contribution in [-0.2, 0) is 14.3 Å². The number of urea groups is 1. The maximum absolute atomic E-state index is 15.8. The molecule has 0 radical (unpaired) electrons. The second kappa shape index (κ2) is 14.4. The lowest BCUT2D eigenvalue weighted by Gasteiger charge is -2.33. The molecule has 1 aromatic carbocycles. The number of benzene rings is 1. The van der Waals surface area contributed by atoms with E-state index in [2.05, 4.69) is 20.4 Å². The first-order chi connectivity index (χ1) is 25.0. The van der Waals surface area contributed by atoms with Crippen LogP contribution >= 0.6 is 0 Å². The first kappa shape index (κ1) is 35.1. The zero-order valence-corrected chi connectivity index (χ0v) is 29.6. The number of pyridine rings is 1. The van der Waals surface area contributed by atoms with E-state index in [0.717, 1.165) is 12.8 Å². The molecule has 4 aliphatic rings. The van der Waals surface area contributed by atoms with Gasteiger partial charge in [-0.2, -0.15) is 4.98 Å². The van der Waals surface area contributed by atoms with Gasteiger partial charge in [-0.25, -0.2) is 23.9 Å². The fourth-order valence-corrected chi connectivity index (χ4v) is 6.91. The number of aromatic nitrogens is 3. The number of hydroxylamine groups is 2. The van der Waals surface area contributed by atoms with E-state index in [1.807, 2.05) is 30.6 Å². The normalized spacial score (nSPS) is 21.2. The molecule has 52 heavy (non-hydrogen) atoms. The molecule has 0 aliphatic carbocycles. The molecule has 4 aliphatic heterocycles. The van der Waals surface area contributed by atoms with Crippen molar-refractivity contribution in [2.24, 2.45) is 0 Å². The first-order valence-electron chi connectivity index (χ1n) is 17.4. The Bertz CT molecular complexity index is 1830. The van der Waals surface area contributed by atoms with Crippen LogP contribution in [0.1, 0.15) is 44.0 Å². The van der Waals surface area contributed by atoms with Crippen LogP contribution in [0.25, 0.3) is 11.3 Å². The van der Waals surface area contributed by atoms with Crippen LogP contribution in [0.5, 0.6) is 5.88 Å². The third-order valence-electron chi connectivity index (χ3n) is 9.45. The van der Waals surface area contributed by atoms with Gasteiger partial charge in [0, 0.05) is 38.3 Å². The zero-order valence-electron chi connectivity index (χ0n) is 29.6. The van der Waals surface area contributed by atoms with Crippen molar-refractivity contribution in [3.63, 3.8) is 0 Å². The van der Waals surface area contributed by atoms with Crippen molar-refractivity contribution < 1.29 is 37.8 Å². The molecule has 2 aromatic heterocycles. The molecule has 7 rings (SSSR count). The van der Waals surface area contributed by atoms with Gasteiger partial charge in [0.05, 0.1) is 62.2 Å². The maximum Gasteiger partial charge on any atom is 0.527 e. The standard InChI is InChI=1S/C35H42FN9O7/c1-5-42-20-35(2,3)51-30-28(31(42)46)29(40-32(41-30)44-18-23-8-9-24(19-44)50-23)21-6-10-26(25(36)16-21)39-33(47)38-22-7-11-27(37-17-22)43-12-14-45(15-13-43)52-34(48)49-4/h6-7,10-11,16-17,23-24H,5,8-9,12-15,18-20H2,1-4H3,(H2,38,39,47). The summed E-state index contributed by atoms with van der Waals surface area (Å²) in [5, 5.41) is 6.76. The minimum atomic E-state index is -0.764. The van der Waals surface area contributed by atoms with Gasteiger partial charge >= 0.3 is 12.2 Å². The number of amides is 3. The first-order valence-corrected chi connectivity index (χ1v) is 17.4. The van der Waals surface area contributed by atoms with Crippen molar-refractivity contribution in [2.45, 2.75) is 51.4 Å². The summed E-state index contributed by atoms with van der Waals surface area (Å²) in [5.74, 6) is 0.208. The molecule has 3 fully saturated rings. The highest BCUT2D eigenvalue weighted by molar-refractivity contribution is 6.03. The fourth-order valence-electron chi connectivity index (χ4n) is 6.91. The van der Waals surface area contributed by atoms with Gasteiger partial charge in [-0.15, -0.1) is 5.06 Å². The minimum absolute atomic E-state index is 0.0677. The number of carbonyl (C=O) groups is 3. The number of nitrogens with one attached hydrogen (secondary N) is 2. The number of hydrogen-bond acceptors (Lipinski definition) is 13. The summed E-state index contributed by atoms with van der Waals surface area (Å²) in [6.45, 7) is 9.74. The van der Waals surface area contributed by atoms with Crippen LogP contribution in [0.4, 0.5) is 37.1 Å².